The van der Waals surface area contributed by atoms with Crippen molar-refractivity contribution in [3.63, 3.8) is 0 Å². The second-order valence-electron chi connectivity index (χ2n) is 8.63. The van der Waals surface area contributed by atoms with Gasteiger partial charge in [0.1, 0.15) is 11.6 Å². The predicted molar refractivity (Wildman–Crippen MR) is 145 cm³/mol. The van der Waals surface area contributed by atoms with Crippen LogP contribution in [0.3, 0.4) is 0 Å². The highest BCUT2D eigenvalue weighted by Crippen LogP contribution is 2.18. The van der Waals surface area contributed by atoms with E-state index in [1.165, 1.54) is 23.1 Å². The quantitative estimate of drug-likeness (QED) is 0.217. The normalized spacial score (nSPS) is 10.6. The molecule has 0 aliphatic rings. The highest BCUT2D eigenvalue weighted by Gasteiger charge is 2.10. The molecule has 1 aromatic heterocycles. The summed E-state index contributed by atoms with van der Waals surface area (Å²) in [6.07, 6.45) is 7.01. The van der Waals surface area contributed by atoms with Gasteiger partial charge >= 0.3 is 0 Å². The number of rotatable bonds is 13. The number of likely N-dealkylation sites (N-methyl/N-ethyl adjacent to an activating group) is 2. The molecule has 198 valence electrons. The number of benzene rings is 1. The van der Waals surface area contributed by atoms with E-state index in [0.29, 0.717) is 48.9 Å². The standard InChI is InChI=1S/C27H36FN7O2/c1-5-15-30-26-21(19-31-27(33-26)32-23-13-9-12-22(28)18-23)11-7-6-8-16-29-24(36)20-35(4)25(37)14-10-17-34(2)3/h9-10,12-14,18-19H,5-6,8,15-17,20H2,1-4H3,(H,29,36)(H2,30,31,32,33)/b14-10+. The molecular weight excluding hydrogens is 473 g/mol. The Bertz CT molecular complexity index is 1130. The van der Waals surface area contributed by atoms with Crippen LogP contribution in [0.2, 0.25) is 0 Å². The molecule has 3 N–H and O–H groups in total. The molecule has 2 aromatic rings. The zero-order valence-corrected chi connectivity index (χ0v) is 22.0. The Morgan fingerprint density at radius 3 is 2.73 bits per heavy atom. The second-order valence-corrected chi connectivity index (χ2v) is 8.63. The monoisotopic (exact) mass is 509 g/mol. The van der Waals surface area contributed by atoms with Crippen LogP contribution in [0.1, 0.15) is 31.7 Å². The molecular formula is C27H36FN7O2. The van der Waals surface area contributed by atoms with Gasteiger partial charge in [0, 0.05) is 44.9 Å². The fourth-order valence-electron chi connectivity index (χ4n) is 3.01. The van der Waals surface area contributed by atoms with E-state index in [1.807, 2.05) is 19.0 Å². The number of carbonyl (C=O) groups excluding carboxylic acids is 2. The van der Waals surface area contributed by atoms with E-state index in [9.17, 15) is 14.0 Å². The van der Waals surface area contributed by atoms with Crippen molar-refractivity contribution in [1.29, 1.82) is 0 Å². The van der Waals surface area contributed by atoms with Gasteiger partial charge in [-0.25, -0.2) is 9.37 Å². The summed E-state index contributed by atoms with van der Waals surface area (Å²) in [4.78, 5) is 36.2. The number of unbranched alkanes of at least 4 members (excludes halogenated alkanes) is 1. The summed E-state index contributed by atoms with van der Waals surface area (Å²) >= 11 is 0. The molecule has 0 radical (unpaired) electrons. The number of nitrogens with zero attached hydrogens (tertiary/aromatic N) is 4. The highest BCUT2D eigenvalue weighted by atomic mass is 19.1. The van der Waals surface area contributed by atoms with Crippen LogP contribution in [0, 0.1) is 17.7 Å². The molecule has 0 aliphatic carbocycles. The third-order valence-electron chi connectivity index (χ3n) is 4.92. The average Bonchev–Trinajstić information content (AvgIpc) is 2.85. The molecule has 10 heteroatoms. The summed E-state index contributed by atoms with van der Waals surface area (Å²) in [5, 5.41) is 9.06. The molecule has 0 bridgehead atoms. The van der Waals surface area contributed by atoms with Gasteiger partial charge in [0.05, 0.1) is 18.3 Å². The molecule has 0 aliphatic heterocycles. The van der Waals surface area contributed by atoms with Gasteiger partial charge in [0.15, 0.2) is 0 Å². The number of carbonyl (C=O) groups is 2. The first-order valence-corrected chi connectivity index (χ1v) is 12.2. The number of anilines is 3. The van der Waals surface area contributed by atoms with Crippen LogP contribution in [0.5, 0.6) is 0 Å². The Kier molecular flexibility index (Phi) is 12.6. The summed E-state index contributed by atoms with van der Waals surface area (Å²) in [6, 6.07) is 6.08. The number of hydrogen-bond donors (Lipinski definition) is 3. The molecule has 1 aromatic carbocycles. The van der Waals surface area contributed by atoms with Gasteiger partial charge in [-0.05, 0) is 45.1 Å². The maximum absolute atomic E-state index is 13.4. The van der Waals surface area contributed by atoms with Crippen molar-refractivity contribution in [2.75, 3.05) is 58.0 Å². The largest absolute Gasteiger partial charge is 0.369 e. The van der Waals surface area contributed by atoms with Crippen molar-refractivity contribution in [1.82, 2.24) is 25.1 Å². The molecule has 2 amide bonds. The molecule has 37 heavy (non-hydrogen) atoms. The van der Waals surface area contributed by atoms with Crippen molar-refractivity contribution >= 4 is 29.3 Å². The molecule has 0 fully saturated rings. The van der Waals surface area contributed by atoms with Crippen molar-refractivity contribution in [2.45, 2.75) is 26.2 Å². The summed E-state index contributed by atoms with van der Waals surface area (Å²) < 4.78 is 13.4. The van der Waals surface area contributed by atoms with Crippen LogP contribution in [0.25, 0.3) is 0 Å². The minimum Gasteiger partial charge on any atom is -0.369 e. The van der Waals surface area contributed by atoms with Gasteiger partial charge in [-0.15, -0.1) is 0 Å². The van der Waals surface area contributed by atoms with Gasteiger partial charge in [-0.2, -0.15) is 4.98 Å². The van der Waals surface area contributed by atoms with Crippen LogP contribution in [0.4, 0.5) is 21.8 Å². The van der Waals surface area contributed by atoms with Crippen LogP contribution in [-0.4, -0.2) is 78.9 Å². The summed E-state index contributed by atoms with van der Waals surface area (Å²) in [5.74, 6) is 6.34. The summed E-state index contributed by atoms with van der Waals surface area (Å²) in [5.41, 5.74) is 1.21. The second kappa shape index (κ2) is 15.9. The first-order chi connectivity index (χ1) is 17.8. The average molecular weight is 510 g/mol. The van der Waals surface area contributed by atoms with E-state index >= 15 is 0 Å². The van der Waals surface area contributed by atoms with E-state index < -0.39 is 0 Å². The van der Waals surface area contributed by atoms with Gasteiger partial charge in [0.25, 0.3) is 0 Å². The minimum atomic E-state index is -0.346. The molecule has 9 nitrogen and oxygen atoms in total. The van der Waals surface area contributed by atoms with Gasteiger partial charge in [-0.3, -0.25) is 9.59 Å². The lowest BCUT2D eigenvalue weighted by molar-refractivity contribution is -0.131. The lowest BCUT2D eigenvalue weighted by Gasteiger charge is -2.14. The van der Waals surface area contributed by atoms with E-state index in [-0.39, 0.29) is 24.2 Å². The lowest BCUT2D eigenvalue weighted by atomic mass is 10.2. The molecule has 1 heterocycles. The Morgan fingerprint density at radius 1 is 1.19 bits per heavy atom. The van der Waals surface area contributed by atoms with Crippen molar-refractivity contribution in [3.8, 4) is 11.8 Å². The zero-order valence-electron chi connectivity index (χ0n) is 22.0. The third kappa shape index (κ3) is 11.5. The van der Waals surface area contributed by atoms with Crippen LogP contribution in [-0.2, 0) is 9.59 Å². The van der Waals surface area contributed by atoms with E-state index in [4.69, 9.17) is 0 Å². The lowest BCUT2D eigenvalue weighted by Crippen LogP contribution is -2.38. The smallest absolute Gasteiger partial charge is 0.246 e. The van der Waals surface area contributed by atoms with Gasteiger partial charge in [-0.1, -0.05) is 30.9 Å². The highest BCUT2D eigenvalue weighted by molar-refractivity contribution is 5.91. The Hall–Kier alpha value is -3.97. The minimum absolute atomic E-state index is 0.00335. The van der Waals surface area contributed by atoms with Crippen molar-refractivity contribution in [2.24, 2.45) is 0 Å². The number of nitrogens with one attached hydrogen (secondary N) is 3. The number of aromatic nitrogens is 2. The molecule has 2 rings (SSSR count). The molecule has 0 spiro atoms. The van der Waals surface area contributed by atoms with E-state index in [2.05, 4.69) is 44.7 Å². The molecule has 0 saturated carbocycles. The maximum atomic E-state index is 13.4. The van der Waals surface area contributed by atoms with Gasteiger partial charge in [0.2, 0.25) is 17.8 Å². The topological polar surface area (TPSA) is 102 Å². The SMILES string of the molecule is CCCNc1nc(Nc2cccc(F)c2)ncc1C#CCCCNC(=O)CN(C)C(=O)/C=C/CN(C)C. The molecule has 0 unspecified atom stereocenters. The fourth-order valence-corrected chi connectivity index (χ4v) is 3.01. The van der Waals surface area contributed by atoms with Crippen molar-refractivity contribution < 1.29 is 14.0 Å². The predicted octanol–water partition coefficient (Wildman–Crippen LogP) is 3.01. The first kappa shape index (κ1) is 29.3. The van der Waals surface area contributed by atoms with Gasteiger partial charge < -0.3 is 25.8 Å². The molecule has 0 saturated heterocycles. The zero-order chi connectivity index (χ0) is 27.0. The maximum Gasteiger partial charge on any atom is 0.246 e. The summed E-state index contributed by atoms with van der Waals surface area (Å²) in [7, 11) is 5.42. The molecule has 0 atom stereocenters. The number of hydrogen-bond acceptors (Lipinski definition) is 7. The third-order valence-corrected chi connectivity index (χ3v) is 4.92. The van der Waals surface area contributed by atoms with E-state index in [0.717, 1.165) is 13.0 Å². The number of halogens is 1. The Balaban J connectivity index is 1.83. The first-order valence-electron chi connectivity index (χ1n) is 12.2. The fraction of sp³-hybridized carbons (Fsp3) is 0.407. The van der Waals surface area contributed by atoms with E-state index in [1.54, 1.807) is 31.5 Å². The van der Waals surface area contributed by atoms with Crippen LogP contribution in [0.15, 0.2) is 42.6 Å². The summed E-state index contributed by atoms with van der Waals surface area (Å²) in [6.45, 7) is 3.89. The van der Waals surface area contributed by atoms with Crippen molar-refractivity contribution in [3.05, 3.63) is 54.0 Å². The van der Waals surface area contributed by atoms with Crippen LogP contribution >= 0.6 is 0 Å². The number of amides is 2. The Labute approximate surface area is 218 Å². The van der Waals surface area contributed by atoms with Crippen LogP contribution < -0.4 is 16.0 Å². The Morgan fingerprint density at radius 2 is 2.00 bits per heavy atom.